The molecule has 0 bridgehead atoms. The molecule has 0 saturated carbocycles. The van der Waals surface area contributed by atoms with Gasteiger partial charge in [-0.2, -0.15) is 11.8 Å². The maximum Gasteiger partial charge on any atom is 0.225 e. The fraction of sp³-hybridized carbons (Fsp3) is 0.632. The van der Waals surface area contributed by atoms with Crippen LogP contribution >= 0.6 is 11.8 Å². The topological polar surface area (TPSA) is 44.4 Å². The van der Waals surface area contributed by atoms with E-state index in [1.165, 1.54) is 31.5 Å². The van der Waals surface area contributed by atoms with Crippen molar-refractivity contribution in [3.8, 4) is 0 Å². The van der Waals surface area contributed by atoms with E-state index in [-0.39, 0.29) is 5.91 Å². The van der Waals surface area contributed by atoms with Crippen LogP contribution in [0.15, 0.2) is 24.3 Å². The predicted molar refractivity (Wildman–Crippen MR) is 102 cm³/mol. The molecule has 1 aromatic carbocycles. The van der Waals surface area contributed by atoms with Gasteiger partial charge in [-0.3, -0.25) is 9.69 Å². The van der Waals surface area contributed by atoms with Gasteiger partial charge in [0.2, 0.25) is 5.91 Å². The van der Waals surface area contributed by atoms with Crippen molar-refractivity contribution in [2.24, 2.45) is 5.92 Å². The predicted octanol–water partition coefficient (Wildman–Crippen LogP) is 2.95. The third-order valence-electron chi connectivity index (χ3n) is 4.82. The molecule has 132 valence electrons. The first-order valence-electron chi connectivity index (χ1n) is 9.11. The molecule has 0 aromatic heterocycles. The van der Waals surface area contributed by atoms with Gasteiger partial charge in [0.05, 0.1) is 0 Å². The first-order chi connectivity index (χ1) is 11.7. The summed E-state index contributed by atoms with van der Waals surface area (Å²) < 4.78 is 0. The van der Waals surface area contributed by atoms with E-state index in [4.69, 9.17) is 0 Å². The summed E-state index contributed by atoms with van der Waals surface area (Å²) in [7, 11) is 0. The molecule has 1 aromatic rings. The lowest BCUT2D eigenvalue weighted by Gasteiger charge is -2.30. The first-order valence-corrected chi connectivity index (χ1v) is 10.3. The minimum atomic E-state index is 0.104. The normalized spacial score (nSPS) is 25.4. The zero-order chi connectivity index (χ0) is 16.8. The zero-order valence-corrected chi connectivity index (χ0v) is 15.4. The molecule has 0 aliphatic carbocycles. The number of anilines is 1. The Labute approximate surface area is 149 Å². The number of rotatable bonds is 5. The Bertz CT molecular complexity index is 528. The van der Waals surface area contributed by atoms with E-state index in [0.717, 1.165) is 36.2 Å². The van der Waals surface area contributed by atoms with Crippen molar-refractivity contribution < 1.29 is 4.79 Å². The number of benzene rings is 1. The molecule has 2 heterocycles. The van der Waals surface area contributed by atoms with Crippen LogP contribution in [0.2, 0.25) is 0 Å². The quantitative estimate of drug-likeness (QED) is 0.859. The lowest BCUT2D eigenvalue weighted by atomic mass is 10.00. The third kappa shape index (κ3) is 5.50. The van der Waals surface area contributed by atoms with Gasteiger partial charge in [0.1, 0.15) is 0 Å². The molecule has 0 spiro atoms. The second kappa shape index (κ2) is 8.88. The van der Waals surface area contributed by atoms with Gasteiger partial charge in [-0.1, -0.05) is 19.1 Å². The number of thioether (sulfide) groups is 1. The average molecular weight is 348 g/mol. The van der Waals surface area contributed by atoms with Gasteiger partial charge in [-0.05, 0) is 43.0 Å². The van der Waals surface area contributed by atoms with E-state index in [9.17, 15) is 4.79 Å². The van der Waals surface area contributed by atoms with Gasteiger partial charge in [-0.15, -0.1) is 0 Å². The van der Waals surface area contributed by atoms with Crippen LogP contribution < -0.4 is 10.6 Å². The van der Waals surface area contributed by atoms with Gasteiger partial charge < -0.3 is 10.6 Å². The summed E-state index contributed by atoms with van der Waals surface area (Å²) in [6, 6.07) is 8.66. The summed E-state index contributed by atoms with van der Waals surface area (Å²) in [5, 5.41) is 6.43. The molecule has 2 N–H and O–H groups in total. The number of hydrogen-bond acceptors (Lipinski definition) is 4. The highest BCUT2D eigenvalue weighted by Gasteiger charge is 2.17. The Hall–Kier alpha value is -1.04. The lowest BCUT2D eigenvalue weighted by molar-refractivity contribution is -0.116. The molecule has 2 saturated heterocycles. The molecular formula is C19H29N3OS. The van der Waals surface area contributed by atoms with Crippen LogP contribution in [0.4, 0.5) is 5.69 Å². The van der Waals surface area contributed by atoms with Crippen molar-refractivity contribution in [2.75, 3.05) is 36.5 Å². The van der Waals surface area contributed by atoms with Crippen LogP contribution in [0.25, 0.3) is 0 Å². The standard InChI is InChI=1S/C19H29N3OS/c1-15-3-2-9-22(12-15)13-16-4-6-17(7-5-16)21-19(23)11-18-14-24-10-8-20-18/h4-7,15,18,20H,2-3,8-14H2,1H3,(H,21,23). The minimum absolute atomic E-state index is 0.104. The van der Waals surface area contributed by atoms with Gasteiger partial charge in [0.25, 0.3) is 0 Å². The molecule has 5 heteroatoms. The number of carbonyl (C=O) groups is 1. The van der Waals surface area contributed by atoms with Crippen molar-refractivity contribution in [3.63, 3.8) is 0 Å². The van der Waals surface area contributed by atoms with Gasteiger partial charge in [-0.25, -0.2) is 0 Å². The fourth-order valence-corrected chi connectivity index (χ4v) is 4.52. The van der Waals surface area contributed by atoms with E-state index in [2.05, 4.69) is 34.6 Å². The molecule has 2 fully saturated rings. The molecule has 2 aliphatic rings. The number of hydrogen-bond donors (Lipinski definition) is 2. The SMILES string of the molecule is CC1CCCN(Cc2ccc(NC(=O)CC3CSCCN3)cc2)C1. The Morgan fingerprint density at radius 3 is 2.92 bits per heavy atom. The Kier molecular flexibility index (Phi) is 6.58. The number of nitrogens with zero attached hydrogens (tertiary/aromatic N) is 1. The number of carbonyl (C=O) groups excluding carboxylic acids is 1. The Morgan fingerprint density at radius 1 is 1.38 bits per heavy atom. The summed E-state index contributed by atoms with van der Waals surface area (Å²) in [5.74, 6) is 3.09. The molecule has 3 rings (SSSR count). The van der Waals surface area contributed by atoms with Gasteiger partial charge in [0, 0.05) is 49.3 Å². The van der Waals surface area contributed by atoms with E-state index in [1.54, 1.807) is 0 Å². The van der Waals surface area contributed by atoms with E-state index in [1.807, 2.05) is 23.9 Å². The Balaban J connectivity index is 1.46. The van der Waals surface area contributed by atoms with E-state index >= 15 is 0 Å². The molecule has 2 aliphatic heterocycles. The largest absolute Gasteiger partial charge is 0.326 e. The molecule has 1 amide bonds. The molecular weight excluding hydrogens is 318 g/mol. The summed E-state index contributed by atoms with van der Waals surface area (Å²) in [5.41, 5.74) is 2.23. The minimum Gasteiger partial charge on any atom is -0.326 e. The second-order valence-corrected chi connectivity index (χ2v) is 8.31. The van der Waals surface area contributed by atoms with Crippen molar-refractivity contribution in [3.05, 3.63) is 29.8 Å². The monoisotopic (exact) mass is 347 g/mol. The highest BCUT2D eigenvalue weighted by atomic mass is 32.2. The van der Waals surface area contributed by atoms with Crippen LogP contribution in [0.3, 0.4) is 0 Å². The fourth-order valence-electron chi connectivity index (χ4n) is 3.57. The smallest absolute Gasteiger partial charge is 0.225 e. The van der Waals surface area contributed by atoms with Crippen LogP contribution in [-0.4, -0.2) is 48.0 Å². The van der Waals surface area contributed by atoms with Crippen LogP contribution in [0.1, 0.15) is 31.7 Å². The molecule has 24 heavy (non-hydrogen) atoms. The zero-order valence-electron chi connectivity index (χ0n) is 14.6. The second-order valence-electron chi connectivity index (χ2n) is 7.16. The summed E-state index contributed by atoms with van der Waals surface area (Å²) >= 11 is 1.92. The lowest BCUT2D eigenvalue weighted by Crippen LogP contribution is -2.39. The molecule has 2 atom stereocenters. The number of likely N-dealkylation sites (tertiary alicyclic amines) is 1. The molecule has 2 unspecified atom stereocenters. The summed E-state index contributed by atoms with van der Waals surface area (Å²) in [6.45, 7) is 6.76. The number of nitrogens with one attached hydrogen (secondary N) is 2. The van der Waals surface area contributed by atoms with E-state index < -0.39 is 0 Å². The summed E-state index contributed by atoms with van der Waals surface area (Å²) in [6.07, 6.45) is 3.22. The van der Waals surface area contributed by atoms with Crippen LogP contribution in [0, 0.1) is 5.92 Å². The maximum absolute atomic E-state index is 12.1. The third-order valence-corrected chi connectivity index (χ3v) is 5.95. The highest BCUT2D eigenvalue weighted by Crippen LogP contribution is 2.19. The van der Waals surface area contributed by atoms with Crippen LogP contribution in [0.5, 0.6) is 0 Å². The number of amides is 1. The van der Waals surface area contributed by atoms with Crippen LogP contribution in [-0.2, 0) is 11.3 Å². The highest BCUT2D eigenvalue weighted by molar-refractivity contribution is 7.99. The molecule has 4 nitrogen and oxygen atoms in total. The molecule has 0 radical (unpaired) electrons. The van der Waals surface area contributed by atoms with Crippen molar-refractivity contribution >= 4 is 23.4 Å². The maximum atomic E-state index is 12.1. The van der Waals surface area contributed by atoms with Crippen molar-refractivity contribution in [1.82, 2.24) is 10.2 Å². The van der Waals surface area contributed by atoms with Crippen molar-refractivity contribution in [2.45, 2.75) is 38.8 Å². The first kappa shape index (κ1) is 17.8. The van der Waals surface area contributed by atoms with Gasteiger partial charge in [0.15, 0.2) is 0 Å². The Morgan fingerprint density at radius 2 is 2.21 bits per heavy atom. The average Bonchev–Trinajstić information content (AvgIpc) is 2.57. The van der Waals surface area contributed by atoms with E-state index in [0.29, 0.717) is 12.5 Å². The number of piperidine rings is 1. The van der Waals surface area contributed by atoms with Crippen molar-refractivity contribution in [1.29, 1.82) is 0 Å². The van der Waals surface area contributed by atoms with Gasteiger partial charge >= 0.3 is 0 Å². The summed E-state index contributed by atoms with van der Waals surface area (Å²) in [4.78, 5) is 14.7.